The predicted molar refractivity (Wildman–Crippen MR) is 83.3 cm³/mol. The van der Waals surface area contributed by atoms with E-state index in [1.165, 1.54) is 13.8 Å². The minimum Gasteiger partial charge on any atom is -0.460 e. The number of carbonyl (C=O) groups excluding carboxylic acids is 1. The molecule has 0 fully saturated rings. The molecule has 3 nitrogen and oxygen atoms in total. The maximum Gasteiger partial charge on any atom is 1.00 e. The van der Waals surface area contributed by atoms with Crippen molar-refractivity contribution in [2.24, 2.45) is 0 Å². The minimum atomic E-state index is -5.20. The van der Waals surface area contributed by atoms with Crippen molar-refractivity contribution in [2.75, 3.05) is 5.73 Å². The van der Waals surface area contributed by atoms with E-state index in [1.54, 1.807) is 27.7 Å². The molecule has 0 spiro atoms. The van der Waals surface area contributed by atoms with Gasteiger partial charge in [-0.15, -0.1) is 5.46 Å². The summed E-state index contributed by atoms with van der Waals surface area (Å²) in [5, 5.41) is 0. The van der Waals surface area contributed by atoms with Gasteiger partial charge in [0.25, 0.3) is 0 Å². The second kappa shape index (κ2) is 7.91. The zero-order chi connectivity index (χ0) is 17.5. The summed E-state index contributed by atoms with van der Waals surface area (Å²) in [7, 11) is 0. The molecule has 0 radical (unpaired) electrons. The normalized spacial score (nSPS) is 11.9. The Morgan fingerprint density at radius 1 is 1.09 bits per heavy atom. The summed E-state index contributed by atoms with van der Waals surface area (Å²) in [6.45, 7) is 4.28. The molecule has 2 N–H and O–H groups in total. The zero-order valence-corrected chi connectivity index (χ0v) is 17.9. The number of rotatable bonds is 3. The Morgan fingerprint density at radius 2 is 1.57 bits per heavy atom. The van der Waals surface area contributed by atoms with E-state index >= 15 is 0 Å². The van der Waals surface area contributed by atoms with Crippen molar-refractivity contribution in [3.8, 4) is 0 Å². The van der Waals surface area contributed by atoms with Crippen LogP contribution in [0, 0.1) is 20.8 Å². The fourth-order valence-electron chi connectivity index (χ4n) is 2.59. The molecule has 0 atom stereocenters. The van der Waals surface area contributed by atoms with E-state index in [4.69, 9.17) is 10.5 Å². The van der Waals surface area contributed by atoms with Crippen LogP contribution in [0.4, 0.5) is 18.6 Å². The summed E-state index contributed by atoms with van der Waals surface area (Å²) in [5.41, 5.74) is 5.38. The maximum absolute atomic E-state index is 13.3. The molecule has 1 aromatic carbocycles. The van der Waals surface area contributed by atoms with Gasteiger partial charge in [-0.2, -0.15) is 0 Å². The van der Waals surface area contributed by atoms with Crippen LogP contribution in [0.3, 0.4) is 0 Å². The molecule has 1 rings (SSSR count). The van der Waals surface area contributed by atoms with Crippen molar-refractivity contribution in [2.45, 2.75) is 53.6 Å². The summed E-state index contributed by atoms with van der Waals surface area (Å²) in [5.74, 6) is -0.567. The first-order chi connectivity index (χ1) is 9.75. The largest absolute Gasteiger partial charge is 1.00 e. The molecule has 0 saturated heterocycles. The van der Waals surface area contributed by atoms with Crippen LogP contribution >= 0.6 is 0 Å². The summed E-state index contributed by atoms with van der Waals surface area (Å²) < 4.78 is 45.1. The smallest absolute Gasteiger partial charge is 0.460 e. The number of hydrogen-bond donors (Lipinski definition) is 1. The first kappa shape index (κ1) is 23.0. The summed E-state index contributed by atoms with van der Waals surface area (Å²) in [6, 6.07) is 0. The van der Waals surface area contributed by atoms with Gasteiger partial charge in [-0.1, -0.05) is 11.1 Å². The van der Waals surface area contributed by atoms with Gasteiger partial charge in [-0.3, -0.25) is 4.79 Å². The number of hydrogen-bond acceptors (Lipinski definition) is 3. The van der Waals surface area contributed by atoms with Crippen molar-refractivity contribution >= 4 is 24.1 Å². The van der Waals surface area contributed by atoms with Gasteiger partial charge in [-0.25, -0.2) is 0 Å². The van der Waals surface area contributed by atoms with Crippen LogP contribution < -0.4 is 62.6 Å². The van der Waals surface area contributed by atoms with E-state index < -0.39 is 24.0 Å². The average molecular weight is 355 g/mol. The van der Waals surface area contributed by atoms with Crippen LogP contribution in [0.25, 0.3) is 0 Å². The van der Waals surface area contributed by atoms with Crippen LogP contribution in [0.15, 0.2) is 0 Å². The second-order valence-corrected chi connectivity index (χ2v) is 6.52. The van der Waals surface area contributed by atoms with E-state index in [9.17, 15) is 17.7 Å². The molecule has 0 aliphatic rings. The number of benzene rings is 1. The van der Waals surface area contributed by atoms with Crippen LogP contribution in [0.2, 0.25) is 0 Å². The van der Waals surface area contributed by atoms with Gasteiger partial charge < -0.3 is 23.4 Å². The SMILES string of the molecule is Cc1c(N)c(C)c([B-](F)(F)F)c(C)c1CC(=O)OC(C)(C)C.[K+]. The van der Waals surface area contributed by atoms with Gasteiger partial charge in [0.05, 0.1) is 6.42 Å². The number of nitrogens with two attached hydrogens (primary N) is 1. The Morgan fingerprint density at radius 3 is 1.96 bits per heavy atom. The van der Waals surface area contributed by atoms with Gasteiger partial charge in [0.1, 0.15) is 5.60 Å². The van der Waals surface area contributed by atoms with E-state index in [2.05, 4.69) is 0 Å². The third kappa shape index (κ3) is 5.78. The van der Waals surface area contributed by atoms with Crippen molar-refractivity contribution in [3.63, 3.8) is 0 Å². The maximum atomic E-state index is 13.3. The Kier molecular flexibility index (Phi) is 7.90. The molecule has 0 aromatic heterocycles. The Balaban J connectivity index is 0.00000484. The summed E-state index contributed by atoms with van der Waals surface area (Å²) in [6.07, 6.45) is -0.224. The molecule has 124 valence electrons. The van der Waals surface area contributed by atoms with Crippen LogP contribution in [-0.2, 0) is 16.0 Å². The fourth-order valence-corrected chi connectivity index (χ4v) is 2.59. The van der Waals surface area contributed by atoms with Gasteiger partial charge in [-0.05, 0) is 52.7 Å². The van der Waals surface area contributed by atoms with E-state index in [0.717, 1.165) is 0 Å². The zero-order valence-electron chi connectivity index (χ0n) is 14.8. The van der Waals surface area contributed by atoms with Crippen molar-refractivity contribution in [1.82, 2.24) is 0 Å². The molecule has 0 aliphatic carbocycles. The quantitative estimate of drug-likeness (QED) is 0.477. The van der Waals surface area contributed by atoms with Gasteiger partial charge in [0.15, 0.2) is 0 Å². The van der Waals surface area contributed by atoms with Gasteiger partial charge in [0.2, 0.25) is 0 Å². The molecular formula is C15H22BF3KNO2. The van der Waals surface area contributed by atoms with Crippen LogP contribution in [0.1, 0.15) is 43.0 Å². The first-order valence-corrected chi connectivity index (χ1v) is 7.05. The summed E-state index contributed by atoms with van der Waals surface area (Å²) >= 11 is 0. The Hall–Kier alpha value is -0.0187. The second-order valence-electron chi connectivity index (χ2n) is 6.52. The third-order valence-corrected chi connectivity index (χ3v) is 3.59. The van der Waals surface area contributed by atoms with Gasteiger partial charge >= 0.3 is 64.3 Å². The number of esters is 1. The monoisotopic (exact) mass is 355 g/mol. The topological polar surface area (TPSA) is 52.3 Å². The van der Waals surface area contributed by atoms with E-state index in [-0.39, 0.29) is 74.6 Å². The number of carbonyl (C=O) groups is 1. The number of halogens is 3. The minimum absolute atomic E-state index is 0. The summed E-state index contributed by atoms with van der Waals surface area (Å²) in [4.78, 5) is 12.0. The average Bonchev–Trinajstić information content (AvgIpc) is 2.28. The molecule has 0 amide bonds. The Labute approximate surface area is 178 Å². The first-order valence-electron chi connectivity index (χ1n) is 7.05. The Bertz CT molecular complexity index is 610. The van der Waals surface area contributed by atoms with Crippen molar-refractivity contribution in [1.29, 1.82) is 0 Å². The predicted octanol–water partition coefficient (Wildman–Crippen LogP) is 0.137. The number of anilines is 1. The molecule has 0 aliphatic heterocycles. The van der Waals surface area contributed by atoms with Crippen LogP contribution in [-0.4, -0.2) is 18.5 Å². The fraction of sp³-hybridized carbons (Fsp3) is 0.533. The molecule has 0 saturated carbocycles. The number of ether oxygens (including phenoxy) is 1. The molecule has 0 unspecified atom stereocenters. The van der Waals surface area contributed by atoms with Crippen molar-refractivity contribution in [3.05, 3.63) is 22.3 Å². The third-order valence-electron chi connectivity index (χ3n) is 3.59. The molecule has 0 heterocycles. The molecule has 23 heavy (non-hydrogen) atoms. The number of nitrogen functional groups attached to an aromatic ring is 1. The molecule has 1 aromatic rings. The van der Waals surface area contributed by atoms with Gasteiger partial charge in [0, 0.05) is 5.69 Å². The molecule has 0 bridgehead atoms. The standard InChI is InChI=1S/C15H22BF3NO2.K/c1-8-11(7-12(21)22-15(4,5)6)9(2)14(20)10(3)13(8)16(17,18)19;/h7,20H2,1-6H3;/q-1;+1. The molecular weight excluding hydrogens is 333 g/mol. The van der Waals surface area contributed by atoms with Crippen molar-refractivity contribution < 1.29 is 73.9 Å². The van der Waals surface area contributed by atoms with E-state index in [0.29, 0.717) is 11.1 Å². The molecule has 8 heteroatoms. The van der Waals surface area contributed by atoms with Crippen LogP contribution in [0.5, 0.6) is 0 Å². The van der Waals surface area contributed by atoms with E-state index in [1.807, 2.05) is 0 Å².